The number of Topliss-reactive ketones (excluding diaryl/α,β-unsaturated/α-hetero) is 1. The van der Waals surface area contributed by atoms with Crippen molar-refractivity contribution in [3.05, 3.63) is 12.7 Å². The van der Waals surface area contributed by atoms with Crippen molar-refractivity contribution < 1.29 is 43.9 Å². The Morgan fingerprint density at radius 1 is 1.15 bits per heavy atom. The van der Waals surface area contributed by atoms with Crippen molar-refractivity contribution in [3.63, 3.8) is 0 Å². The van der Waals surface area contributed by atoms with Crippen LogP contribution in [0.25, 0.3) is 0 Å². The molecule has 0 radical (unpaired) electrons. The van der Waals surface area contributed by atoms with Crippen molar-refractivity contribution in [1.29, 1.82) is 0 Å². The lowest BCUT2D eigenvalue weighted by Crippen LogP contribution is -2.20. The molecule has 9 heteroatoms. The molecule has 0 aliphatic heterocycles. The Morgan fingerprint density at radius 3 is 1.93 bits per heavy atom. The zero-order valence-electron chi connectivity index (χ0n) is 17.1. The summed E-state index contributed by atoms with van der Waals surface area (Å²) < 4.78 is 12.6. The predicted molar refractivity (Wildman–Crippen MR) is 102 cm³/mol. The first-order valence-corrected chi connectivity index (χ1v) is 8.54. The van der Waals surface area contributed by atoms with Crippen LogP contribution in [0.1, 0.15) is 53.4 Å². The van der Waals surface area contributed by atoms with Gasteiger partial charge in [0.1, 0.15) is 18.5 Å². The van der Waals surface area contributed by atoms with Crippen molar-refractivity contribution in [3.8, 4) is 0 Å². The molecule has 0 aromatic carbocycles. The summed E-state index contributed by atoms with van der Waals surface area (Å²) in [6, 6.07) is 0. The first-order chi connectivity index (χ1) is 12.6. The molecule has 0 aliphatic rings. The summed E-state index contributed by atoms with van der Waals surface area (Å²) in [5, 5.41) is 23.9. The zero-order valence-corrected chi connectivity index (χ0v) is 17.1. The number of ketones is 1. The molecule has 0 aromatic rings. The number of carbonyl (C=O) groups is 3. The van der Waals surface area contributed by atoms with E-state index < -0.39 is 18.4 Å². The van der Waals surface area contributed by atoms with Crippen LogP contribution in [-0.2, 0) is 19.0 Å². The van der Waals surface area contributed by atoms with Gasteiger partial charge in [-0.25, -0.2) is 9.59 Å². The van der Waals surface area contributed by atoms with Gasteiger partial charge < -0.3 is 34.3 Å². The van der Waals surface area contributed by atoms with Crippen molar-refractivity contribution in [2.24, 2.45) is 0 Å². The van der Waals surface area contributed by atoms with E-state index in [0.717, 1.165) is 12.8 Å². The van der Waals surface area contributed by atoms with Gasteiger partial charge in [-0.05, 0) is 27.2 Å². The quantitative estimate of drug-likeness (QED) is 0.302. The Kier molecular flexibility index (Phi) is 34.5. The second-order valence-corrected chi connectivity index (χ2v) is 5.06. The summed E-state index contributed by atoms with van der Waals surface area (Å²) in [5.74, 6) is 0.318. The SMILES string of the molecule is C=CC.CC(COC(=O)O)OC(=O)O.CCCCCC(C)=O.COCCO. The third-order valence-corrected chi connectivity index (χ3v) is 2.17. The van der Waals surface area contributed by atoms with Crippen molar-refractivity contribution >= 4 is 18.1 Å². The maximum Gasteiger partial charge on any atom is 0.506 e. The van der Waals surface area contributed by atoms with E-state index in [0.29, 0.717) is 12.4 Å². The number of carbonyl (C=O) groups excluding carboxylic acids is 1. The van der Waals surface area contributed by atoms with Gasteiger partial charge in [0.05, 0.1) is 13.2 Å². The first kappa shape index (κ1) is 32.5. The molecule has 0 saturated carbocycles. The monoisotopic (exact) mass is 396 g/mol. The number of carboxylic acid groups (broad SMARTS) is 2. The van der Waals surface area contributed by atoms with E-state index in [1.165, 1.54) is 19.8 Å². The fraction of sp³-hybridized carbons (Fsp3) is 0.722. The maximum atomic E-state index is 10.3. The Labute approximate surface area is 161 Å². The highest BCUT2D eigenvalue weighted by atomic mass is 16.7. The highest BCUT2D eigenvalue weighted by molar-refractivity contribution is 5.75. The Balaban J connectivity index is -0.000000145. The van der Waals surface area contributed by atoms with E-state index in [-0.39, 0.29) is 13.2 Å². The van der Waals surface area contributed by atoms with E-state index in [1.807, 2.05) is 6.92 Å². The van der Waals surface area contributed by atoms with Crippen LogP contribution in [0.5, 0.6) is 0 Å². The van der Waals surface area contributed by atoms with Gasteiger partial charge >= 0.3 is 12.3 Å². The molecule has 0 saturated heterocycles. The van der Waals surface area contributed by atoms with Crippen LogP contribution in [0.2, 0.25) is 0 Å². The van der Waals surface area contributed by atoms with Crippen LogP contribution in [0.15, 0.2) is 12.7 Å². The van der Waals surface area contributed by atoms with Gasteiger partial charge in [0, 0.05) is 13.5 Å². The molecule has 0 amide bonds. The van der Waals surface area contributed by atoms with Gasteiger partial charge in [-0.1, -0.05) is 25.8 Å². The fourth-order valence-electron chi connectivity index (χ4n) is 1.11. The number of ether oxygens (including phenoxy) is 3. The lowest BCUT2D eigenvalue weighted by Gasteiger charge is -2.08. The van der Waals surface area contributed by atoms with Crippen LogP contribution >= 0.6 is 0 Å². The average Bonchev–Trinajstić information content (AvgIpc) is 2.55. The van der Waals surface area contributed by atoms with Gasteiger partial charge in [0.2, 0.25) is 0 Å². The standard InChI is InChI=1S/C7H14O.C5H8O6.C3H8O2.C3H6/c1-3-4-5-6-7(2)8;1-3(11-5(8)9)2-10-4(6)7;1-5-3-2-4;1-3-2/h3-6H2,1-2H3;3H,2H2,1H3,(H,6,7)(H,8,9);4H,2-3H2,1H3;3H,1H2,2H3. The van der Waals surface area contributed by atoms with Gasteiger partial charge in [-0.2, -0.15) is 0 Å². The third kappa shape index (κ3) is 59.3. The summed E-state index contributed by atoms with van der Waals surface area (Å²) in [6.07, 6.45) is 2.31. The van der Waals surface area contributed by atoms with E-state index in [1.54, 1.807) is 20.1 Å². The molecular formula is C18H36O9. The molecule has 162 valence electrons. The topological polar surface area (TPSA) is 140 Å². The summed E-state index contributed by atoms with van der Waals surface area (Å²) in [6.45, 7) is 10.7. The smallest absolute Gasteiger partial charge is 0.450 e. The van der Waals surface area contributed by atoms with Crippen molar-refractivity contribution in [1.82, 2.24) is 0 Å². The fourth-order valence-corrected chi connectivity index (χ4v) is 1.11. The summed E-state index contributed by atoms with van der Waals surface area (Å²) in [5.41, 5.74) is 0. The largest absolute Gasteiger partial charge is 0.506 e. The van der Waals surface area contributed by atoms with Gasteiger partial charge in [0.15, 0.2) is 0 Å². The van der Waals surface area contributed by atoms with Crippen molar-refractivity contribution in [2.45, 2.75) is 59.5 Å². The molecule has 0 fully saturated rings. The minimum atomic E-state index is -1.45. The van der Waals surface area contributed by atoms with Gasteiger partial charge in [-0.3, -0.25) is 0 Å². The maximum absolute atomic E-state index is 10.3. The third-order valence-electron chi connectivity index (χ3n) is 2.17. The number of hydrogen-bond donors (Lipinski definition) is 3. The average molecular weight is 396 g/mol. The molecule has 9 nitrogen and oxygen atoms in total. The predicted octanol–water partition coefficient (Wildman–Crippen LogP) is 3.74. The lowest BCUT2D eigenvalue weighted by atomic mass is 10.2. The minimum absolute atomic E-state index is 0.122. The van der Waals surface area contributed by atoms with Gasteiger partial charge in [0.25, 0.3) is 0 Å². The van der Waals surface area contributed by atoms with Crippen LogP contribution in [-0.4, -0.2) is 66.4 Å². The molecule has 0 spiro atoms. The summed E-state index contributed by atoms with van der Waals surface area (Å²) in [7, 11) is 1.55. The number of unbranched alkanes of at least 4 members (excludes halogenated alkanes) is 2. The first-order valence-electron chi connectivity index (χ1n) is 8.54. The minimum Gasteiger partial charge on any atom is -0.450 e. The molecular weight excluding hydrogens is 360 g/mol. The van der Waals surface area contributed by atoms with Crippen LogP contribution in [0.4, 0.5) is 9.59 Å². The lowest BCUT2D eigenvalue weighted by molar-refractivity contribution is -0.117. The normalized spacial score (nSPS) is 9.56. The number of hydrogen-bond acceptors (Lipinski definition) is 7. The van der Waals surface area contributed by atoms with E-state index in [2.05, 4.69) is 27.7 Å². The van der Waals surface area contributed by atoms with E-state index >= 15 is 0 Å². The van der Waals surface area contributed by atoms with E-state index in [4.69, 9.17) is 15.3 Å². The zero-order chi connectivity index (χ0) is 22.1. The van der Waals surface area contributed by atoms with Crippen LogP contribution in [0.3, 0.4) is 0 Å². The molecule has 1 atom stereocenters. The number of aliphatic hydroxyl groups is 1. The number of rotatable bonds is 9. The molecule has 0 aliphatic carbocycles. The van der Waals surface area contributed by atoms with E-state index in [9.17, 15) is 14.4 Å². The number of allylic oxidation sites excluding steroid dienone is 1. The molecule has 0 rings (SSSR count). The van der Waals surface area contributed by atoms with Crippen molar-refractivity contribution in [2.75, 3.05) is 26.9 Å². The molecule has 27 heavy (non-hydrogen) atoms. The number of aliphatic hydroxyl groups excluding tert-OH is 1. The second-order valence-electron chi connectivity index (χ2n) is 5.06. The highest BCUT2D eigenvalue weighted by Gasteiger charge is 2.09. The van der Waals surface area contributed by atoms with Crippen LogP contribution < -0.4 is 0 Å². The van der Waals surface area contributed by atoms with Gasteiger partial charge in [-0.15, -0.1) is 6.58 Å². The molecule has 3 N–H and O–H groups in total. The molecule has 1 unspecified atom stereocenters. The molecule has 0 heterocycles. The Hall–Kier alpha value is -2.13. The molecule has 0 bridgehead atoms. The molecule has 0 aromatic heterocycles. The second kappa shape index (κ2) is 28.7. The highest BCUT2D eigenvalue weighted by Crippen LogP contribution is 1.98. The summed E-state index contributed by atoms with van der Waals surface area (Å²) in [4.78, 5) is 29.9. The number of methoxy groups -OCH3 is 1. The Morgan fingerprint density at radius 2 is 1.67 bits per heavy atom. The summed E-state index contributed by atoms with van der Waals surface area (Å²) >= 11 is 0. The van der Waals surface area contributed by atoms with Crippen LogP contribution in [0, 0.1) is 0 Å². The Bertz CT molecular complexity index is 355.